The third-order valence-corrected chi connectivity index (χ3v) is 3.90. The third kappa shape index (κ3) is 3.27. The van der Waals surface area contributed by atoms with Crippen LogP contribution >= 0.6 is 0 Å². The fraction of sp³-hybridized carbons (Fsp3) is 0.643. The van der Waals surface area contributed by atoms with E-state index in [1.807, 2.05) is 12.4 Å². The molecule has 1 aromatic rings. The van der Waals surface area contributed by atoms with Crippen LogP contribution in [-0.2, 0) is 0 Å². The summed E-state index contributed by atoms with van der Waals surface area (Å²) in [4.78, 5) is 6.50. The molecule has 1 aromatic heterocycles. The second-order valence-electron chi connectivity index (χ2n) is 5.22. The number of likely N-dealkylation sites (tertiary alicyclic amines) is 1. The molecule has 0 amide bonds. The van der Waals surface area contributed by atoms with Gasteiger partial charge in [-0.05, 0) is 58.0 Å². The third-order valence-electron chi connectivity index (χ3n) is 3.90. The minimum atomic E-state index is 0.415. The van der Waals surface area contributed by atoms with Crippen molar-refractivity contribution in [3.05, 3.63) is 30.1 Å². The largest absolute Gasteiger partial charge is 0.307 e. The van der Waals surface area contributed by atoms with Gasteiger partial charge >= 0.3 is 0 Å². The Balaban J connectivity index is 1.89. The summed E-state index contributed by atoms with van der Waals surface area (Å²) in [7, 11) is 2.22. The lowest BCUT2D eigenvalue weighted by Crippen LogP contribution is -2.46. The van der Waals surface area contributed by atoms with E-state index in [1.165, 1.54) is 24.9 Å². The summed E-state index contributed by atoms with van der Waals surface area (Å²) in [5.41, 5.74) is 1.33. The molecule has 0 saturated carbocycles. The van der Waals surface area contributed by atoms with Crippen molar-refractivity contribution < 1.29 is 0 Å². The van der Waals surface area contributed by atoms with E-state index >= 15 is 0 Å². The number of hydrogen-bond acceptors (Lipinski definition) is 3. The van der Waals surface area contributed by atoms with E-state index in [0.717, 1.165) is 0 Å². The van der Waals surface area contributed by atoms with Crippen LogP contribution in [0.2, 0.25) is 0 Å². The summed E-state index contributed by atoms with van der Waals surface area (Å²) in [5.74, 6) is 0. The van der Waals surface area contributed by atoms with Gasteiger partial charge in [0.25, 0.3) is 0 Å². The van der Waals surface area contributed by atoms with Gasteiger partial charge in [0.05, 0.1) is 0 Å². The van der Waals surface area contributed by atoms with E-state index in [1.54, 1.807) is 0 Å². The molecule has 2 unspecified atom stereocenters. The Kier molecular flexibility index (Phi) is 4.13. The Morgan fingerprint density at radius 2 is 2.12 bits per heavy atom. The predicted molar refractivity (Wildman–Crippen MR) is 70.9 cm³/mol. The smallest absolute Gasteiger partial charge is 0.0295 e. The Hall–Kier alpha value is -0.930. The zero-order valence-corrected chi connectivity index (χ0v) is 11.1. The minimum absolute atomic E-state index is 0.415. The van der Waals surface area contributed by atoms with Gasteiger partial charge in [-0.3, -0.25) is 4.98 Å². The molecule has 3 nitrogen and oxygen atoms in total. The lowest BCUT2D eigenvalue weighted by atomic mass is 9.97. The second kappa shape index (κ2) is 5.61. The zero-order valence-electron chi connectivity index (χ0n) is 11.1. The Bertz CT molecular complexity index is 339. The summed E-state index contributed by atoms with van der Waals surface area (Å²) in [6.07, 6.45) is 6.22. The molecule has 0 spiro atoms. The van der Waals surface area contributed by atoms with Crippen molar-refractivity contribution in [2.45, 2.75) is 44.8 Å². The van der Waals surface area contributed by atoms with Gasteiger partial charge in [0.1, 0.15) is 0 Å². The van der Waals surface area contributed by atoms with Crippen molar-refractivity contribution in [1.29, 1.82) is 0 Å². The highest BCUT2D eigenvalue weighted by Gasteiger charge is 2.23. The van der Waals surface area contributed by atoms with Crippen LogP contribution < -0.4 is 5.32 Å². The molecule has 2 rings (SSSR count). The van der Waals surface area contributed by atoms with Crippen LogP contribution in [0.25, 0.3) is 0 Å². The number of nitrogens with one attached hydrogen (secondary N) is 1. The maximum Gasteiger partial charge on any atom is 0.0295 e. The summed E-state index contributed by atoms with van der Waals surface area (Å²) in [6, 6.07) is 5.93. The van der Waals surface area contributed by atoms with Crippen LogP contribution in [-0.4, -0.2) is 35.6 Å². The highest BCUT2D eigenvalue weighted by atomic mass is 15.1. The fourth-order valence-corrected chi connectivity index (χ4v) is 2.54. The number of aromatic nitrogens is 1. The first-order valence-electron chi connectivity index (χ1n) is 6.53. The normalized spacial score (nSPS) is 27.9. The molecule has 1 N–H and O–H groups in total. The molecular formula is C14H23N3. The van der Waals surface area contributed by atoms with Crippen LogP contribution in [0.1, 0.15) is 38.3 Å². The van der Waals surface area contributed by atoms with Crippen molar-refractivity contribution in [2.75, 3.05) is 13.6 Å². The molecule has 1 saturated heterocycles. The van der Waals surface area contributed by atoms with Crippen LogP contribution in [0, 0.1) is 0 Å². The highest BCUT2D eigenvalue weighted by molar-refractivity contribution is 5.14. The molecule has 0 aromatic carbocycles. The summed E-state index contributed by atoms with van der Waals surface area (Å²) in [6.45, 7) is 5.74. The Morgan fingerprint density at radius 3 is 2.76 bits per heavy atom. The van der Waals surface area contributed by atoms with Gasteiger partial charge in [0.2, 0.25) is 0 Å². The van der Waals surface area contributed by atoms with Crippen LogP contribution in [0.3, 0.4) is 0 Å². The molecule has 3 heteroatoms. The average molecular weight is 233 g/mol. The van der Waals surface area contributed by atoms with Gasteiger partial charge in [-0.15, -0.1) is 0 Å². The average Bonchev–Trinajstić information content (AvgIpc) is 2.35. The number of nitrogens with zero attached hydrogens (tertiary/aromatic N) is 2. The lowest BCUT2D eigenvalue weighted by molar-refractivity contribution is 0.163. The molecule has 0 radical (unpaired) electrons. The van der Waals surface area contributed by atoms with Crippen LogP contribution in [0.4, 0.5) is 0 Å². The Morgan fingerprint density at radius 1 is 1.41 bits per heavy atom. The van der Waals surface area contributed by atoms with Crippen molar-refractivity contribution in [3.63, 3.8) is 0 Å². The maximum atomic E-state index is 4.06. The van der Waals surface area contributed by atoms with Crippen LogP contribution in [0.15, 0.2) is 24.5 Å². The molecule has 2 heterocycles. The monoisotopic (exact) mass is 233 g/mol. The molecule has 94 valence electrons. The van der Waals surface area contributed by atoms with Crippen molar-refractivity contribution in [1.82, 2.24) is 15.2 Å². The van der Waals surface area contributed by atoms with Crippen LogP contribution in [0.5, 0.6) is 0 Å². The van der Waals surface area contributed by atoms with Gasteiger partial charge < -0.3 is 10.2 Å². The molecule has 1 aliphatic heterocycles. The molecule has 17 heavy (non-hydrogen) atoms. The van der Waals surface area contributed by atoms with Gasteiger partial charge in [0.15, 0.2) is 0 Å². The molecule has 1 fully saturated rings. The van der Waals surface area contributed by atoms with Crippen molar-refractivity contribution in [3.8, 4) is 0 Å². The predicted octanol–water partition coefficient (Wildman–Crippen LogP) is 2.21. The zero-order chi connectivity index (χ0) is 12.3. The molecule has 0 aliphatic carbocycles. The summed E-state index contributed by atoms with van der Waals surface area (Å²) in [5, 5.41) is 3.73. The number of hydrogen-bond donors (Lipinski definition) is 1. The van der Waals surface area contributed by atoms with E-state index < -0.39 is 0 Å². The minimum Gasteiger partial charge on any atom is -0.307 e. The second-order valence-corrected chi connectivity index (χ2v) is 5.22. The molecule has 3 atom stereocenters. The number of rotatable bonds is 3. The first-order valence-corrected chi connectivity index (χ1v) is 6.53. The topological polar surface area (TPSA) is 28.2 Å². The van der Waals surface area contributed by atoms with E-state index in [4.69, 9.17) is 0 Å². The van der Waals surface area contributed by atoms with Gasteiger partial charge in [0, 0.05) is 30.5 Å². The number of piperidine rings is 1. The summed E-state index contributed by atoms with van der Waals surface area (Å²) >= 11 is 0. The van der Waals surface area contributed by atoms with E-state index in [-0.39, 0.29) is 0 Å². The fourth-order valence-electron chi connectivity index (χ4n) is 2.54. The van der Waals surface area contributed by atoms with E-state index in [2.05, 4.69) is 48.2 Å². The quantitative estimate of drug-likeness (QED) is 0.867. The first kappa shape index (κ1) is 12.5. The summed E-state index contributed by atoms with van der Waals surface area (Å²) < 4.78 is 0. The Labute approximate surface area is 104 Å². The molecular weight excluding hydrogens is 210 g/mol. The lowest BCUT2D eigenvalue weighted by Gasteiger charge is -2.36. The van der Waals surface area contributed by atoms with Gasteiger partial charge in [-0.2, -0.15) is 0 Å². The van der Waals surface area contributed by atoms with Crippen molar-refractivity contribution in [2.24, 2.45) is 0 Å². The van der Waals surface area contributed by atoms with E-state index in [9.17, 15) is 0 Å². The molecule has 1 aliphatic rings. The van der Waals surface area contributed by atoms with E-state index in [0.29, 0.717) is 18.1 Å². The van der Waals surface area contributed by atoms with Gasteiger partial charge in [-0.25, -0.2) is 0 Å². The first-order chi connectivity index (χ1) is 8.16. The highest BCUT2D eigenvalue weighted by Crippen LogP contribution is 2.19. The molecule has 0 bridgehead atoms. The van der Waals surface area contributed by atoms with Gasteiger partial charge in [-0.1, -0.05) is 0 Å². The maximum absolute atomic E-state index is 4.06. The standard InChI is InChI=1S/C14H23N3/c1-11-10-14(6-9-17(11)3)16-12(2)13-4-7-15-8-5-13/h4-5,7-8,11-12,14,16H,6,9-10H2,1-3H3/t11?,12-,14?/m1/s1. The number of pyridine rings is 1. The van der Waals surface area contributed by atoms with Crippen molar-refractivity contribution >= 4 is 0 Å². The SMILES string of the molecule is CC1CC(N[C@H](C)c2ccncc2)CCN1C.